The van der Waals surface area contributed by atoms with Crippen molar-refractivity contribution in [3.8, 4) is 5.88 Å². The monoisotopic (exact) mass is 682 g/mol. The van der Waals surface area contributed by atoms with Gasteiger partial charge in [0.15, 0.2) is 9.84 Å². The lowest BCUT2D eigenvalue weighted by Crippen LogP contribution is -2.36. The molecule has 6 rings (SSSR count). The van der Waals surface area contributed by atoms with Crippen LogP contribution in [0.3, 0.4) is 0 Å². The predicted molar refractivity (Wildman–Crippen MR) is 181 cm³/mol. The minimum absolute atomic E-state index is 0.0491. The highest BCUT2D eigenvalue weighted by atomic mass is 32.3. The maximum Gasteiger partial charge on any atom is 0.239 e. The quantitative estimate of drug-likeness (QED) is 0.220. The molecule has 47 heavy (non-hydrogen) atoms. The van der Waals surface area contributed by atoms with E-state index in [1.54, 1.807) is 22.6 Å². The van der Waals surface area contributed by atoms with Crippen LogP contribution in [0.15, 0.2) is 53.6 Å². The molecule has 2 aliphatic heterocycles. The van der Waals surface area contributed by atoms with Crippen LogP contribution >= 0.6 is 10.8 Å². The van der Waals surface area contributed by atoms with Gasteiger partial charge in [-0.1, -0.05) is 36.4 Å². The highest BCUT2D eigenvalue weighted by Crippen LogP contribution is 2.57. The zero-order valence-electron chi connectivity index (χ0n) is 27.1. The number of aromatic nitrogens is 4. The average Bonchev–Trinajstić information content (AvgIpc) is 3.59. The molecule has 1 amide bonds. The summed E-state index contributed by atoms with van der Waals surface area (Å²) >= 11 is 0. The zero-order chi connectivity index (χ0) is 33.5. The summed E-state index contributed by atoms with van der Waals surface area (Å²) in [5.74, 6) is -0.355. The van der Waals surface area contributed by atoms with E-state index in [0.29, 0.717) is 19.4 Å². The Morgan fingerprint density at radius 3 is 2.68 bits per heavy atom. The fourth-order valence-electron chi connectivity index (χ4n) is 6.56. The summed E-state index contributed by atoms with van der Waals surface area (Å²) in [6.07, 6.45) is 2.45. The highest BCUT2D eigenvalue weighted by Gasteiger charge is 2.36. The summed E-state index contributed by atoms with van der Waals surface area (Å²) < 4.78 is 56.9. The minimum atomic E-state index is -3.42. The molecule has 3 N–H and O–H groups in total. The number of hydrogen-bond acceptors (Lipinski definition) is 10. The number of rotatable bonds is 9. The van der Waals surface area contributed by atoms with Crippen LogP contribution in [0.2, 0.25) is 0 Å². The van der Waals surface area contributed by atoms with E-state index in [0.717, 1.165) is 38.9 Å². The van der Waals surface area contributed by atoms with Gasteiger partial charge in [0.1, 0.15) is 16.5 Å². The molecule has 2 aromatic carbocycles. The first-order valence-electron chi connectivity index (χ1n) is 16.0. The Balaban J connectivity index is 1.37. The van der Waals surface area contributed by atoms with Crippen molar-refractivity contribution in [2.45, 2.75) is 83.0 Å². The van der Waals surface area contributed by atoms with Crippen molar-refractivity contribution in [3.63, 3.8) is 0 Å². The molecule has 12 nitrogen and oxygen atoms in total. The molecule has 0 bridgehead atoms. The lowest BCUT2D eigenvalue weighted by molar-refractivity contribution is -0.121. The lowest BCUT2D eigenvalue weighted by Gasteiger charge is -2.41. The number of pyridine rings is 1. The van der Waals surface area contributed by atoms with Gasteiger partial charge in [-0.05, 0) is 79.6 Å². The number of hydrogen-bond donors (Lipinski definition) is 3. The molecule has 4 aromatic rings. The number of nitrogens with one attached hydrogen (secondary N) is 1. The predicted octanol–water partition coefficient (Wildman–Crippen LogP) is 4.99. The third kappa shape index (κ3) is 6.74. The number of nitrogens with zero attached hydrogens (tertiary/aromatic N) is 5. The van der Waals surface area contributed by atoms with Crippen molar-refractivity contribution in [1.29, 1.82) is 0 Å². The molecule has 1 unspecified atom stereocenters. The van der Waals surface area contributed by atoms with E-state index in [1.165, 1.54) is 0 Å². The number of ether oxygens (including phenoxy) is 1. The third-order valence-electron chi connectivity index (χ3n) is 9.30. The van der Waals surface area contributed by atoms with Gasteiger partial charge in [-0.3, -0.25) is 13.9 Å². The second-order valence-corrected chi connectivity index (χ2v) is 16.7. The summed E-state index contributed by atoms with van der Waals surface area (Å²) in [4.78, 5) is 18.1. The Morgan fingerprint density at radius 2 is 1.96 bits per heavy atom. The van der Waals surface area contributed by atoms with Gasteiger partial charge >= 0.3 is 0 Å². The van der Waals surface area contributed by atoms with E-state index in [2.05, 4.69) is 20.6 Å². The van der Waals surface area contributed by atoms with Crippen LogP contribution in [0.4, 0.5) is 0 Å². The Bertz CT molecular complexity index is 1910. The second-order valence-electron chi connectivity index (χ2n) is 12.5. The van der Waals surface area contributed by atoms with Crippen LogP contribution in [0.5, 0.6) is 5.88 Å². The maximum atomic E-state index is 13.5. The van der Waals surface area contributed by atoms with Crippen LogP contribution < -0.4 is 10.1 Å². The van der Waals surface area contributed by atoms with Gasteiger partial charge in [-0.2, -0.15) is 4.31 Å². The van der Waals surface area contributed by atoms with Crippen molar-refractivity contribution in [2.75, 3.05) is 18.1 Å². The Hall–Kier alpha value is -3.56. The van der Waals surface area contributed by atoms with Crippen LogP contribution in [0, 0.1) is 13.8 Å². The summed E-state index contributed by atoms with van der Waals surface area (Å²) in [5, 5.41) is 11.7. The van der Waals surface area contributed by atoms with Gasteiger partial charge in [-0.25, -0.2) is 18.1 Å². The SMILES string of the molecule is CC[C@@H]1CN(Cc2cc([C@H](CC(=O)NC3CCS(=O)(=O)C3)c3ccc4c(nnn4CC)c3C)ccc2C)S(O)(O)c2cccnc2O1. The standard InChI is InChI=1S/C33H42N6O6S2/c1-5-26-19-38(47(43,44)30-8-7-14-34-33(30)45-26)18-24-16-23(10-9-21(24)3)28(17-31(40)35-25-13-15-46(41,42)20-25)27-11-12-29-32(22(27)4)36-37-39(29)6-2/h7-12,14,16,25-26,28,43-44H,5-6,13,15,17-20H2,1-4H3,(H,35,40)/t25?,26-,28+/m1/s1. The molecule has 0 spiro atoms. The molecule has 0 saturated carbocycles. The molecule has 0 aliphatic carbocycles. The van der Waals surface area contributed by atoms with Gasteiger partial charge in [0, 0.05) is 37.7 Å². The van der Waals surface area contributed by atoms with E-state index >= 15 is 0 Å². The fraction of sp³-hybridized carbons (Fsp3) is 0.455. The van der Waals surface area contributed by atoms with Crippen molar-refractivity contribution < 1.29 is 27.1 Å². The first-order chi connectivity index (χ1) is 22.4. The van der Waals surface area contributed by atoms with Crippen molar-refractivity contribution in [3.05, 3.63) is 76.5 Å². The largest absolute Gasteiger partial charge is 0.472 e. The minimum Gasteiger partial charge on any atom is -0.472 e. The van der Waals surface area contributed by atoms with Gasteiger partial charge in [-0.15, -0.1) is 15.9 Å². The molecular formula is C33H42N6O6S2. The highest BCUT2D eigenvalue weighted by molar-refractivity contribution is 8.22. The molecule has 14 heteroatoms. The zero-order valence-corrected chi connectivity index (χ0v) is 28.7. The molecule has 2 aromatic heterocycles. The summed E-state index contributed by atoms with van der Waals surface area (Å²) in [6.45, 7) is 9.16. The Kier molecular flexibility index (Phi) is 9.33. The Morgan fingerprint density at radius 1 is 1.15 bits per heavy atom. The van der Waals surface area contributed by atoms with E-state index in [4.69, 9.17) is 4.74 Å². The maximum absolute atomic E-state index is 13.5. The van der Waals surface area contributed by atoms with E-state index in [-0.39, 0.29) is 59.7 Å². The normalized spacial score (nSPS) is 21.8. The smallest absolute Gasteiger partial charge is 0.239 e. The molecular weight excluding hydrogens is 641 g/mol. The summed E-state index contributed by atoms with van der Waals surface area (Å²) in [6, 6.07) is 12.9. The first kappa shape index (κ1) is 33.3. The summed E-state index contributed by atoms with van der Waals surface area (Å²) in [5.41, 5.74) is 6.23. The van der Waals surface area contributed by atoms with Crippen molar-refractivity contribution in [2.24, 2.45) is 0 Å². The van der Waals surface area contributed by atoms with Crippen LogP contribution in [-0.2, 0) is 27.7 Å². The van der Waals surface area contributed by atoms with Gasteiger partial charge in [0.25, 0.3) is 0 Å². The molecule has 4 heterocycles. The second kappa shape index (κ2) is 13.2. The molecule has 1 saturated heterocycles. The van der Waals surface area contributed by atoms with E-state index in [1.807, 2.05) is 62.7 Å². The fourth-order valence-corrected chi connectivity index (χ4v) is 9.80. The number of sulfone groups is 1. The van der Waals surface area contributed by atoms with Gasteiger partial charge in [0.05, 0.1) is 23.6 Å². The average molecular weight is 683 g/mol. The van der Waals surface area contributed by atoms with Gasteiger partial charge < -0.3 is 10.1 Å². The molecule has 0 radical (unpaired) electrons. The van der Waals surface area contributed by atoms with E-state index in [9.17, 15) is 22.3 Å². The van der Waals surface area contributed by atoms with Crippen LogP contribution in [-0.4, -0.2) is 77.9 Å². The number of aryl methyl sites for hydroxylation is 3. The number of fused-ring (bicyclic) bond motifs is 2. The third-order valence-corrected chi connectivity index (χ3v) is 13.0. The summed E-state index contributed by atoms with van der Waals surface area (Å²) in [7, 11) is -6.58. The molecule has 1 fully saturated rings. The number of amides is 1. The van der Waals surface area contributed by atoms with E-state index < -0.39 is 26.7 Å². The number of benzene rings is 2. The van der Waals surface area contributed by atoms with Crippen molar-refractivity contribution in [1.82, 2.24) is 29.6 Å². The topological polar surface area (TPSA) is 160 Å². The molecule has 3 atom stereocenters. The lowest BCUT2D eigenvalue weighted by atomic mass is 9.84. The van der Waals surface area contributed by atoms with Gasteiger partial charge in [0.2, 0.25) is 11.8 Å². The molecule has 252 valence electrons. The number of carbonyl (C=O) groups excluding carboxylic acids is 1. The molecule has 2 aliphatic rings. The Labute approximate surface area is 276 Å². The van der Waals surface area contributed by atoms with Crippen LogP contribution in [0.1, 0.15) is 66.8 Å². The van der Waals surface area contributed by atoms with Crippen LogP contribution in [0.25, 0.3) is 11.0 Å². The number of carbonyl (C=O) groups is 1. The first-order valence-corrected chi connectivity index (χ1v) is 19.3. The van der Waals surface area contributed by atoms with Crippen molar-refractivity contribution >= 4 is 37.6 Å².